The summed E-state index contributed by atoms with van der Waals surface area (Å²) in [6.07, 6.45) is 2.83. The second-order valence-electron chi connectivity index (χ2n) is 4.31. The van der Waals surface area contributed by atoms with Gasteiger partial charge in [-0.05, 0) is 13.0 Å². The Labute approximate surface area is 127 Å². The normalized spacial score (nSPS) is 11.9. The molecule has 2 rings (SSSR count). The molecule has 0 spiro atoms. The Morgan fingerprint density at radius 1 is 1.24 bits per heavy atom. The predicted octanol–water partition coefficient (Wildman–Crippen LogP) is 3.46. The first-order valence-corrected chi connectivity index (χ1v) is 6.58. The van der Waals surface area contributed by atoms with Gasteiger partial charge < -0.3 is 14.8 Å². The molecule has 0 radical (unpaired) electrons. The molecule has 2 aromatic rings. The van der Waals surface area contributed by atoms with E-state index in [1.165, 1.54) is 32.8 Å². The highest BCUT2D eigenvalue weighted by Gasteiger charge is 2.17. The number of hydrogen-bond acceptors (Lipinski definition) is 5. The summed E-state index contributed by atoms with van der Waals surface area (Å²) >= 11 is 5.98. The van der Waals surface area contributed by atoms with E-state index in [0.29, 0.717) is 27.9 Å². The summed E-state index contributed by atoms with van der Waals surface area (Å²) in [5.74, 6) is 0.827. The maximum Gasteiger partial charge on any atom is 0.163 e. The molecule has 1 atom stereocenters. The van der Waals surface area contributed by atoms with Crippen LogP contribution in [0, 0.1) is 5.82 Å². The van der Waals surface area contributed by atoms with E-state index in [2.05, 4.69) is 15.3 Å². The van der Waals surface area contributed by atoms with Crippen molar-refractivity contribution in [2.45, 2.75) is 13.0 Å². The quantitative estimate of drug-likeness (QED) is 0.916. The molecule has 0 fully saturated rings. The third-order valence-corrected chi connectivity index (χ3v) is 3.27. The number of benzene rings is 1. The van der Waals surface area contributed by atoms with Crippen molar-refractivity contribution in [3.63, 3.8) is 0 Å². The Kier molecular flexibility index (Phi) is 4.80. The number of hydrogen-bond donors (Lipinski definition) is 1. The fourth-order valence-corrected chi connectivity index (χ4v) is 2.06. The first-order chi connectivity index (χ1) is 10.1. The zero-order chi connectivity index (χ0) is 15.4. The second-order valence-corrected chi connectivity index (χ2v) is 4.72. The SMILES string of the molecule is COc1cc(F)c(C(C)Nc2ncncc2Cl)cc1OC. The van der Waals surface area contributed by atoms with Crippen LogP contribution in [-0.4, -0.2) is 24.2 Å². The highest BCUT2D eigenvalue weighted by molar-refractivity contribution is 6.32. The van der Waals surface area contributed by atoms with E-state index in [-0.39, 0.29) is 6.04 Å². The van der Waals surface area contributed by atoms with Crippen molar-refractivity contribution >= 4 is 17.4 Å². The molecule has 0 saturated heterocycles. The third kappa shape index (κ3) is 3.33. The summed E-state index contributed by atoms with van der Waals surface area (Å²) in [5.41, 5.74) is 0.419. The fraction of sp³-hybridized carbons (Fsp3) is 0.286. The van der Waals surface area contributed by atoms with Gasteiger partial charge in [0, 0.05) is 11.6 Å². The molecule has 112 valence electrons. The van der Waals surface area contributed by atoms with Crippen molar-refractivity contribution < 1.29 is 13.9 Å². The Morgan fingerprint density at radius 2 is 1.90 bits per heavy atom. The first-order valence-electron chi connectivity index (χ1n) is 6.20. The zero-order valence-electron chi connectivity index (χ0n) is 11.9. The first kappa shape index (κ1) is 15.3. The number of rotatable bonds is 5. The molecule has 5 nitrogen and oxygen atoms in total. The number of methoxy groups -OCH3 is 2. The summed E-state index contributed by atoms with van der Waals surface area (Å²) in [7, 11) is 2.96. The third-order valence-electron chi connectivity index (χ3n) is 2.99. The van der Waals surface area contributed by atoms with Gasteiger partial charge in [-0.2, -0.15) is 0 Å². The lowest BCUT2D eigenvalue weighted by Gasteiger charge is -2.18. The van der Waals surface area contributed by atoms with Gasteiger partial charge in [0.1, 0.15) is 23.0 Å². The van der Waals surface area contributed by atoms with Crippen LogP contribution in [0.4, 0.5) is 10.2 Å². The monoisotopic (exact) mass is 311 g/mol. The molecule has 1 aromatic heterocycles. The van der Waals surface area contributed by atoms with Crippen LogP contribution in [0.2, 0.25) is 5.02 Å². The van der Waals surface area contributed by atoms with Crippen LogP contribution in [-0.2, 0) is 0 Å². The molecule has 7 heteroatoms. The zero-order valence-corrected chi connectivity index (χ0v) is 12.6. The molecular weight excluding hydrogens is 297 g/mol. The number of halogens is 2. The number of nitrogens with one attached hydrogen (secondary N) is 1. The average molecular weight is 312 g/mol. The topological polar surface area (TPSA) is 56.3 Å². The summed E-state index contributed by atoms with van der Waals surface area (Å²) < 4.78 is 24.4. The Balaban J connectivity index is 2.31. The molecule has 1 aromatic carbocycles. The van der Waals surface area contributed by atoms with Crippen molar-refractivity contribution in [1.29, 1.82) is 0 Å². The molecule has 0 aliphatic rings. The van der Waals surface area contributed by atoms with Gasteiger partial charge in [-0.15, -0.1) is 0 Å². The number of aromatic nitrogens is 2. The maximum absolute atomic E-state index is 14.2. The Bertz CT molecular complexity index is 640. The van der Waals surface area contributed by atoms with E-state index in [0.717, 1.165) is 0 Å². The summed E-state index contributed by atoms with van der Waals surface area (Å²) in [4.78, 5) is 7.82. The molecule has 1 unspecified atom stereocenters. The molecule has 0 bridgehead atoms. The van der Waals surface area contributed by atoms with Gasteiger partial charge in [0.05, 0.1) is 26.5 Å². The molecule has 0 saturated carbocycles. The van der Waals surface area contributed by atoms with Gasteiger partial charge in [0.25, 0.3) is 0 Å². The van der Waals surface area contributed by atoms with Gasteiger partial charge >= 0.3 is 0 Å². The lowest BCUT2D eigenvalue weighted by atomic mass is 10.1. The van der Waals surface area contributed by atoms with Crippen LogP contribution in [0.1, 0.15) is 18.5 Å². The van der Waals surface area contributed by atoms with E-state index in [1.54, 1.807) is 13.0 Å². The number of anilines is 1. The largest absolute Gasteiger partial charge is 0.493 e. The van der Waals surface area contributed by atoms with Crippen molar-refractivity contribution in [3.8, 4) is 11.5 Å². The van der Waals surface area contributed by atoms with Gasteiger partial charge in [-0.25, -0.2) is 14.4 Å². The highest BCUT2D eigenvalue weighted by atomic mass is 35.5. The standard InChI is InChI=1S/C14H15ClFN3O2/c1-8(19-14-10(15)6-17-7-18-14)9-4-12(20-2)13(21-3)5-11(9)16/h4-8H,1-3H3,(H,17,18,19). The molecular formula is C14H15ClFN3O2. The highest BCUT2D eigenvalue weighted by Crippen LogP contribution is 2.33. The van der Waals surface area contributed by atoms with E-state index in [4.69, 9.17) is 21.1 Å². The minimum atomic E-state index is -0.405. The van der Waals surface area contributed by atoms with Crippen molar-refractivity contribution in [3.05, 3.63) is 41.1 Å². The van der Waals surface area contributed by atoms with Crippen molar-refractivity contribution in [2.75, 3.05) is 19.5 Å². The van der Waals surface area contributed by atoms with Crippen molar-refractivity contribution in [2.24, 2.45) is 0 Å². The van der Waals surface area contributed by atoms with Gasteiger partial charge in [-0.1, -0.05) is 11.6 Å². The smallest absolute Gasteiger partial charge is 0.163 e. The summed E-state index contributed by atoms with van der Waals surface area (Å²) in [6, 6.07) is 2.51. The maximum atomic E-state index is 14.2. The van der Waals surface area contributed by atoms with E-state index < -0.39 is 5.82 Å². The minimum absolute atomic E-state index is 0.339. The van der Waals surface area contributed by atoms with E-state index >= 15 is 0 Å². The lowest BCUT2D eigenvalue weighted by molar-refractivity contribution is 0.351. The molecule has 0 aliphatic carbocycles. The molecule has 0 aliphatic heterocycles. The van der Waals surface area contributed by atoms with Crippen LogP contribution >= 0.6 is 11.6 Å². The fourth-order valence-electron chi connectivity index (χ4n) is 1.90. The second kappa shape index (κ2) is 6.58. The van der Waals surface area contributed by atoms with Crippen LogP contribution < -0.4 is 14.8 Å². The van der Waals surface area contributed by atoms with Crippen LogP contribution in [0.5, 0.6) is 11.5 Å². The van der Waals surface area contributed by atoms with E-state index in [9.17, 15) is 4.39 Å². The molecule has 1 N–H and O–H groups in total. The Hall–Kier alpha value is -2.08. The van der Waals surface area contributed by atoms with Gasteiger partial charge in [-0.3, -0.25) is 0 Å². The minimum Gasteiger partial charge on any atom is -0.493 e. The lowest BCUT2D eigenvalue weighted by Crippen LogP contribution is -2.11. The van der Waals surface area contributed by atoms with Crippen LogP contribution in [0.25, 0.3) is 0 Å². The van der Waals surface area contributed by atoms with Gasteiger partial charge in [0.2, 0.25) is 0 Å². The average Bonchev–Trinajstić information content (AvgIpc) is 2.49. The van der Waals surface area contributed by atoms with E-state index in [1.807, 2.05) is 0 Å². The molecule has 21 heavy (non-hydrogen) atoms. The summed E-state index contributed by atoms with van der Waals surface area (Å²) in [5, 5.41) is 3.40. The number of ether oxygens (including phenoxy) is 2. The number of nitrogens with zero attached hydrogens (tertiary/aromatic N) is 2. The van der Waals surface area contributed by atoms with Gasteiger partial charge in [0.15, 0.2) is 11.5 Å². The predicted molar refractivity (Wildman–Crippen MR) is 78.6 cm³/mol. The Morgan fingerprint density at radius 3 is 2.52 bits per heavy atom. The van der Waals surface area contributed by atoms with Crippen LogP contribution in [0.15, 0.2) is 24.7 Å². The van der Waals surface area contributed by atoms with Crippen LogP contribution in [0.3, 0.4) is 0 Å². The molecule has 0 amide bonds. The molecule has 1 heterocycles. The van der Waals surface area contributed by atoms with Crippen molar-refractivity contribution in [1.82, 2.24) is 9.97 Å². The summed E-state index contributed by atoms with van der Waals surface area (Å²) in [6.45, 7) is 1.79.